The number of ether oxygens (including phenoxy) is 3. The van der Waals surface area contributed by atoms with E-state index in [0.29, 0.717) is 6.42 Å². The van der Waals surface area contributed by atoms with Crippen molar-refractivity contribution in [3.63, 3.8) is 0 Å². The topological polar surface area (TPSA) is 78.9 Å². The molecule has 0 bridgehead atoms. The monoisotopic (exact) mass is 734 g/mol. The Morgan fingerprint density at radius 1 is 0.438 bits per heavy atom. The summed E-state index contributed by atoms with van der Waals surface area (Å²) in [4.78, 5) is 39.0. The third-order valence-corrected chi connectivity index (χ3v) is 12.6. The first kappa shape index (κ1) is 47.5. The van der Waals surface area contributed by atoms with Gasteiger partial charge in [-0.3, -0.25) is 14.4 Å². The molecular weight excluding hydrogens is 661 g/mol. The van der Waals surface area contributed by atoms with Gasteiger partial charge in [-0.05, 0) is 63.7 Å². The Kier molecular flexibility index (Phi) is 32.0. The van der Waals surface area contributed by atoms with Gasteiger partial charge in [-0.1, -0.05) is 124 Å². The molecule has 0 spiro atoms. The second-order valence-electron chi connectivity index (χ2n) is 13.5. The van der Waals surface area contributed by atoms with Crippen molar-refractivity contribution in [1.29, 1.82) is 0 Å². The lowest BCUT2D eigenvalue weighted by atomic mass is 9.88. The van der Waals surface area contributed by atoms with Gasteiger partial charge in [0.05, 0.1) is 21.2 Å². The van der Waals surface area contributed by atoms with Crippen LogP contribution < -0.4 is 0 Å². The van der Waals surface area contributed by atoms with Crippen LogP contribution in [0.3, 0.4) is 0 Å². The maximum Gasteiger partial charge on any atom is 0.318 e. The van der Waals surface area contributed by atoms with Crippen molar-refractivity contribution in [1.82, 2.24) is 0 Å². The molecule has 3 unspecified atom stereocenters. The first-order chi connectivity index (χ1) is 23.2. The molecule has 48 heavy (non-hydrogen) atoms. The fraction of sp³-hybridized carbons (Fsp3) is 0.923. The summed E-state index contributed by atoms with van der Waals surface area (Å²) in [6.07, 6.45) is 22.6. The molecule has 0 N–H and O–H groups in total. The third kappa shape index (κ3) is 25.4. The SMILES string of the molecule is CCCCCCCCSC(C)C(=O)OCC(CC)(COC(=O)C(C)SCCCCCCCC)COC(=O)C(C)SCCCCCCCC. The summed E-state index contributed by atoms with van der Waals surface area (Å²) in [5, 5.41) is -0.841. The predicted molar refractivity (Wildman–Crippen MR) is 211 cm³/mol. The van der Waals surface area contributed by atoms with E-state index in [2.05, 4.69) is 20.8 Å². The van der Waals surface area contributed by atoms with E-state index in [1.165, 1.54) is 96.3 Å². The number of carbonyl (C=O) groups excluding carboxylic acids is 3. The molecule has 0 aromatic heterocycles. The molecule has 284 valence electrons. The lowest BCUT2D eigenvalue weighted by Crippen LogP contribution is -2.41. The summed E-state index contributed by atoms with van der Waals surface area (Å²) >= 11 is 4.89. The highest BCUT2D eigenvalue weighted by Crippen LogP contribution is 2.28. The van der Waals surface area contributed by atoms with Crippen molar-refractivity contribution in [3.8, 4) is 0 Å². The van der Waals surface area contributed by atoms with Crippen LogP contribution in [0.2, 0.25) is 0 Å². The van der Waals surface area contributed by atoms with Crippen LogP contribution in [0.25, 0.3) is 0 Å². The summed E-state index contributed by atoms with van der Waals surface area (Å²) in [7, 11) is 0. The summed E-state index contributed by atoms with van der Waals surface area (Å²) < 4.78 is 17.5. The maximum atomic E-state index is 13.0. The number of carbonyl (C=O) groups is 3. The molecule has 0 heterocycles. The molecule has 0 saturated carbocycles. The molecule has 0 aromatic rings. The fourth-order valence-electron chi connectivity index (χ4n) is 5.09. The smallest absolute Gasteiger partial charge is 0.318 e. The van der Waals surface area contributed by atoms with Crippen molar-refractivity contribution in [2.24, 2.45) is 5.41 Å². The Balaban J connectivity index is 5.06. The van der Waals surface area contributed by atoms with E-state index in [4.69, 9.17) is 14.2 Å². The van der Waals surface area contributed by atoms with Gasteiger partial charge in [0.2, 0.25) is 0 Å². The van der Waals surface area contributed by atoms with Gasteiger partial charge in [0.25, 0.3) is 0 Å². The zero-order chi connectivity index (χ0) is 35.9. The number of unbranched alkanes of at least 4 members (excludes halogenated alkanes) is 15. The van der Waals surface area contributed by atoms with Crippen molar-refractivity contribution in [2.45, 2.75) is 186 Å². The molecule has 3 atom stereocenters. The zero-order valence-electron chi connectivity index (χ0n) is 32.1. The minimum Gasteiger partial charge on any atom is -0.464 e. The van der Waals surface area contributed by atoms with Crippen LogP contribution in [0.15, 0.2) is 0 Å². The van der Waals surface area contributed by atoms with Crippen LogP contribution in [-0.4, -0.2) is 70.7 Å². The van der Waals surface area contributed by atoms with Crippen molar-refractivity contribution >= 4 is 53.2 Å². The predicted octanol–water partition coefficient (Wildman–Crippen LogP) is 11.5. The molecule has 0 fully saturated rings. The average Bonchev–Trinajstić information content (AvgIpc) is 3.09. The van der Waals surface area contributed by atoms with Crippen LogP contribution in [-0.2, 0) is 28.6 Å². The average molecular weight is 735 g/mol. The normalized spacial score (nSPS) is 14.6. The Hall–Kier alpha value is -0.540. The highest BCUT2D eigenvalue weighted by atomic mass is 32.2. The highest BCUT2D eigenvalue weighted by molar-refractivity contribution is 8.01. The molecule has 6 nitrogen and oxygen atoms in total. The van der Waals surface area contributed by atoms with E-state index in [1.54, 1.807) is 35.3 Å². The standard InChI is InChI=1S/C39H74O6S3/c1-8-12-15-18-21-24-27-46-33(5)36(40)43-30-39(11-4,31-44-37(41)34(6)47-28-25-22-19-16-13-9-2)32-45-38(42)35(7)48-29-26-23-20-17-14-10-3/h33-35H,8-32H2,1-7H3. The summed E-state index contributed by atoms with van der Waals surface area (Å²) in [6.45, 7) is 14.4. The summed E-state index contributed by atoms with van der Waals surface area (Å²) in [6, 6.07) is 0. The van der Waals surface area contributed by atoms with E-state index in [-0.39, 0.29) is 53.5 Å². The molecule has 9 heteroatoms. The molecule has 0 amide bonds. The van der Waals surface area contributed by atoms with Crippen LogP contribution in [0.1, 0.15) is 170 Å². The van der Waals surface area contributed by atoms with E-state index in [1.807, 2.05) is 27.7 Å². The Morgan fingerprint density at radius 3 is 0.938 bits per heavy atom. The molecule has 0 aliphatic carbocycles. The van der Waals surface area contributed by atoms with Gasteiger partial charge in [0, 0.05) is 0 Å². The number of thioether (sulfide) groups is 3. The minimum absolute atomic E-state index is 0.0450. The van der Waals surface area contributed by atoms with Crippen molar-refractivity contribution in [2.75, 3.05) is 37.1 Å². The van der Waals surface area contributed by atoms with Crippen molar-refractivity contribution < 1.29 is 28.6 Å². The van der Waals surface area contributed by atoms with Gasteiger partial charge in [-0.2, -0.15) is 0 Å². The third-order valence-electron chi connectivity index (χ3n) is 8.90. The zero-order valence-corrected chi connectivity index (χ0v) is 34.5. The van der Waals surface area contributed by atoms with Gasteiger partial charge < -0.3 is 14.2 Å². The first-order valence-electron chi connectivity index (χ1n) is 19.5. The van der Waals surface area contributed by atoms with E-state index < -0.39 is 5.41 Å². The molecule has 0 aliphatic rings. The van der Waals surface area contributed by atoms with Crippen molar-refractivity contribution in [3.05, 3.63) is 0 Å². The molecule has 0 radical (unpaired) electrons. The Labute approximate surface area is 309 Å². The van der Waals surface area contributed by atoms with E-state index >= 15 is 0 Å². The van der Waals surface area contributed by atoms with E-state index in [9.17, 15) is 14.4 Å². The number of hydrogen-bond donors (Lipinski definition) is 0. The van der Waals surface area contributed by atoms with Crippen LogP contribution >= 0.6 is 35.3 Å². The van der Waals surface area contributed by atoms with E-state index in [0.717, 1.165) is 36.5 Å². The Morgan fingerprint density at radius 2 is 0.688 bits per heavy atom. The Bertz CT molecular complexity index is 698. The van der Waals surface area contributed by atoms with Crippen LogP contribution in [0.4, 0.5) is 0 Å². The van der Waals surface area contributed by atoms with Crippen LogP contribution in [0, 0.1) is 5.41 Å². The van der Waals surface area contributed by atoms with Gasteiger partial charge in [0.1, 0.15) is 19.8 Å². The number of esters is 3. The fourth-order valence-corrected chi connectivity index (χ4v) is 7.87. The number of hydrogen-bond acceptors (Lipinski definition) is 9. The second-order valence-corrected chi connectivity index (χ2v) is 17.9. The maximum absolute atomic E-state index is 13.0. The molecule has 0 rings (SSSR count). The lowest BCUT2D eigenvalue weighted by molar-refractivity contribution is -0.161. The van der Waals surface area contributed by atoms with Gasteiger partial charge in [-0.15, -0.1) is 35.3 Å². The molecule has 0 aromatic carbocycles. The summed E-state index contributed by atoms with van der Waals surface area (Å²) in [5.41, 5.74) is -0.794. The van der Waals surface area contributed by atoms with Gasteiger partial charge in [-0.25, -0.2) is 0 Å². The van der Waals surface area contributed by atoms with Gasteiger partial charge in [0.15, 0.2) is 0 Å². The second kappa shape index (κ2) is 32.4. The van der Waals surface area contributed by atoms with Crippen LogP contribution in [0.5, 0.6) is 0 Å². The summed E-state index contributed by atoms with van der Waals surface area (Å²) in [5.74, 6) is 1.98. The van der Waals surface area contributed by atoms with Gasteiger partial charge >= 0.3 is 17.9 Å². The number of rotatable bonds is 34. The largest absolute Gasteiger partial charge is 0.464 e. The highest BCUT2D eigenvalue weighted by Gasteiger charge is 2.36. The first-order valence-corrected chi connectivity index (χ1v) is 22.7. The molecular formula is C39H74O6S3. The minimum atomic E-state index is -0.794. The lowest BCUT2D eigenvalue weighted by Gasteiger charge is -2.32. The molecule has 0 aliphatic heterocycles. The quantitative estimate of drug-likeness (QED) is 0.0364. The molecule has 0 saturated heterocycles.